The lowest BCUT2D eigenvalue weighted by Gasteiger charge is -2.18. The van der Waals surface area contributed by atoms with Crippen molar-refractivity contribution in [1.82, 2.24) is 10.3 Å². The number of hydrogen-bond acceptors (Lipinski definition) is 3. The van der Waals surface area contributed by atoms with E-state index in [-0.39, 0.29) is 5.91 Å². The highest BCUT2D eigenvalue weighted by Crippen LogP contribution is 2.30. The molecule has 1 aromatic heterocycles. The Balaban J connectivity index is 1.79. The Kier molecular flexibility index (Phi) is 5.37. The van der Waals surface area contributed by atoms with Crippen LogP contribution in [0.15, 0.2) is 36.5 Å². The number of pyridine rings is 1. The summed E-state index contributed by atoms with van der Waals surface area (Å²) in [7, 11) is 0. The average molecular weight is 337 g/mol. The molecule has 1 saturated carbocycles. The fraction of sp³-hybridized carbons (Fsp3) is 0.429. The molecule has 1 heterocycles. The van der Waals surface area contributed by atoms with E-state index in [0.717, 1.165) is 24.2 Å². The molecule has 1 aliphatic rings. The van der Waals surface area contributed by atoms with E-state index in [1.807, 2.05) is 12.1 Å². The minimum atomic E-state index is -0.0792. The minimum absolute atomic E-state index is 0.0792. The smallest absolute Gasteiger partial charge is 0.270 e. The molecule has 1 aromatic carbocycles. The monoisotopic (exact) mass is 337 g/mol. The van der Waals surface area contributed by atoms with Crippen molar-refractivity contribution in [3.8, 4) is 0 Å². The quantitative estimate of drug-likeness (QED) is 0.813. The van der Waals surface area contributed by atoms with Crippen molar-refractivity contribution in [2.45, 2.75) is 58.4 Å². The molecule has 4 heteroatoms. The fourth-order valence-corrected chi connectivity index (χ4v) is 3.45. The SMILES string of the molecule is Cc1cccc(C(C)C)c1Nc1ccnc(C(=O)NC2CCCC2)c1. The lowest BCUT2D eigenvalue weighted by atomic mass is 9.98. The van der Waals surface area contributed by atoms with Gasteiger partial charge in [-0.05, 0) is 48.9 Å². The molecule has 1 aliphatic carbocycles. The third kappa shape index (κ3) is 4.19. The number of nitrogens with zero attached hydrogens (tertiary/aromatic N) is 1. The van der Waals surface area contributed by atoms with Crippen LogP contribution in [0.3, 0.4) is 0 Å². The molecule has 0 bridgehead atoms. The van der Waals surface area contributed by atoms with Crippen LogP contribution in [-0.2, 0) is 0 Å². The van der Waals surface area contributed by atoms with Crippen LogP contribution in [0.25, 0.3) is 0 Å². The van der Waals surface area contributed by atoms with E-state index in [0.29, 0.717) is 17.7 Å². The maximum absolute atomic E-state index is 12.4. The zero-order valence-electron chi connectivity index (χ0n) is 15.3. The van der Waals surface area contributed by atoms with Crippen LogP contribution >= 0.6 is 0 Å². The van der Waals surface area contributed by atoms with Crippen molar-refractivity contribution >= 4 is 17.3 Å². The first-order valence-corrected chi connectivity index (χ1v) is 9.18. The summed E-state index contributed by atoms with van der Waals surface area (Å²) in [5.41, 5.74) is 4.94. The molecule has 4 nitrogen and oxygen atoms in total. The minimum Gasteiger partial charge on any atom is -0.355 e. The van der Waals surface area contributed by atoms with Crippen LogP contribution < -0.4 is 10.6 Å². The maximum atomic E-state index is 12.4. The Morgan fingerprint density at radius 1 is 1.20 bits per heavy atom. The number of aromatic nitrogens is 1. The van der Waals surface area contributed by atoms with E-state index >= 15 is 0 Å². The Bertz CT molecular complexity index is 749. The number of amides is 1. The zero-order valence-corrected chi connectivity index (χ0v) is 15.3. The van der Waals surface area contributed by atoms with Gasteiger partial charge in [0.2, 0.25) is 0 Å². The lowest BCUT2D eigenvalue weighted by Crippen LogP contribution is -2.33. The number of carbonyl (C=O) groups excluding carboxylic acids is 1. The van der Waals surface area contributed by atoms with Crippen molar-refractivity contribution in [1.29, 1.82) is 0 Å². The van der Waals surface area contributed by atoms with Gasteiger partial charge in [-0.25, -0.2) is 0 Å². The van der Waals surface area contributed by atoms with E-state index in [2.05, 4.69) is 54.6 Å². The first kappa shape index (κ1) is 17.5. The molecule has 0 radical (unpaired) electrons. The van der Waals surface area contributed by atoms with Crippen molar-refractivity contribution in [3.05, 3.63) is 53.3 Å². The summed E-state index contributed by atoms with van der Waals surface area (Å²) in [6, 6.07) is 10.4. The van der Waals surface area contributed by atoms with Gasteiger partial charge < -0.3 is 10.6 Å². The standard InChI is InChI=1S/C21H27N3O/c1-14(2)18-10-6-7-15(3)20(18)23-17-11-12-22-19(13-17)21(25)24-16-8-4-5-9-16/h6-7,10-14,16H,4-5,8-9H2,1-3H3,(H,22,23)(H,24,25). The number of hydrogen-bond donors (Lipinski definition) is 2. The van der Waals surface area contributed by atoms with Gasteiger partial charge in [0.15, 0.2) is 0 Å². The molecule has 1 amide bonds. The van der Waals surface area contributed by atoms with Gasteiger partial charge in [0, 0.05) is 23.6 Å². The van der Waals surface area contributed by atoms with Gasteiger partial charge in [0.25, 0.3) is 5.91 Å². The van der Waals surface area contributed by atoms with Crippen LogP contribution in [0.1, 0.15) is 67.1 Å². The normalized spacial score (nSPS) is 14.7. The Hall–Kier alpha value is -2.36. The molecule has 0 aliphatic heterocycles. The van der Waals surface area contributed by atoms with E-state index in [4.69, 9.17) is 0 Å². The van der Waals surface area contributed by atoms with Gasteiger partial charge in [0.1, 0.15) is 5.69 Å². The Labute approximate surface area is 150 Å². The summed E-state index contributed by atoms with van der Waals surface area (Å²) in [5.74, 6) is 0.346. The lowest BCUT2D eigenvalue weighted by molar-refractivity contribution is 0.0933. The Morgan fingerprint density at radius 2 is 1.96 bits per heavy atom. The van der Waals surface area contributed by atoms with E-state index in [1.165, 1.54) is 24.0 Å². The molecule has 0 saturated heterocycles. The first-order chi connectivity index (χ1) is 12.0. The van der Waals surface area contributed by atoms with Crippen LogP contribution in [0.2, 0.25) is 0 Å². The fourth-order valence-electron chi connectivity index (χ4n) is 3.45. The number of anilines is 2. The molecule has 0 spiro atoms. The van der Waals surface area contributed by atoms with Gasteiger partial charge in [-0.2, -0.15) is 0 Å². The second kappa shape index (κ2) is 7.68. The van der Waals surface area contributed by atoms with Crippen molar-refractivity contribution in [2.75, 3.05) is 5.32 Å². The largest absolute Gasteiger partial charge is 0.355 e. The molecule has 3 rings (SSSR count). The van der Waals surface area contributed by atoms with Gasteiger partial charge >= 0.3 is 0 Å². The van der Waals surface area contributed by atoms with Gasteiger partial charge in [-0.3, -0.25) is 9.78 Å². The highest BCUT2D eigenvalue weighted by atomic mass is 16.1. The predicted molar refractivity (Wildman–Crippen MR) is 103 cm³/mol. The summed E-state index contributed by atoms with van der Waals surface area (Å²) < 4.78 is 0. The zero-order chi connectivity index (χ0) is 17.8. The maximum Gasteiger partial charge on any atom is 0.270 e. The average Bonchev–Trinajstić information content (AvgIpc) is 3.09. The van der Waals surface area contributed by atoms with E-state index in [1.54, 1.807) is 6.20 Å². The molecule has 132 valence electrons. The molecular formula is C21H27N3O. The van der Waals surface area contributed by atoms with Crippen molar-refractivity contribution in [2.24, 2.45) is 0 Å². The second-order valence-electron chi connectivity index (χ2n) is 7.20. The summed E-state index contributed by atoms with van der Waals surface area (Å²) in [6.07, 6.45) is 6.24. The molecule has 2 N–H and O–H groups in total. The highest BCUT2D eigenvalue weighted by molar-refractivity contribution is 5.93. The predicted octanol–water partition coefficient (Wildman–Crippen LogP) is 4.93. The van der Waals surface area contributed by atoms with Gasteiger partial charge in [-0.1, -0.05) is 44.9 Å². The summed E-state index contributed by atoms with van der Waals surface area (Å²) in [6.45, 7) is 6.48. The third-order valence-corrected chi connectivity index (χ3v) is 4.88. The topological polar surface area (TPSA) is 54.0 Å². The number of para-hydroxylation sites is 1. The number of aryl methyl sites for hydroxylation is 1. The molecule has 0 unspecified atom stereocenters. The van der Waals surface area contributed by atoms with Crippen molar-refractivity contribution in [3.63, 3.8) is 0 Å². The van der Waals surface area contributed by atoms with Crippen LogP contribution in [0, 0.1) is 6.92 Å². The Morgan fingerprint density at radius 3 is 2.68 bits per heavy atom. The number of carbonyl (C=O) groups is 1. The van der Waals surface area contributed by atoms with Gasteiger partial charge in [0.05, 0.1) is 0 Å². The second-order valence-corrected chi connectivity index (χ2v) is 7.20. The third-order valence-electron chi connectivity index (χ3n) is 4.88. The summed E-state index contributed by atoms with van der Waals surface area (Å²) >= 11 is 0. The van der Waals surface area contributed by atoms with E-state index in [9.17, 15) is 4.79 Å². The summed E-state index contributed by atoms with van der Waals surface area (Å²) in [4.78, 5) is 16.7. The molecule has 1 fully saturated rings. The van der Waals surface area contributed by atoms with Crippen LogP contribution in [-0.4, -0.2) is 16.9 Å². The number of benzene rings is 1. The molecule has 25 heavy (non-hydrogen) atoms. The molecule has 2 aromatic rings. The number of nitrogens with one attached hydrogen (secondary N) is 2. The van der Waals surface area contributed by atoms with Gasteiger partial charge in [-0.15, -0.1) is 0 Å². The first-order valence-electron chi connectivity index (χ1n) is 9.18. The van der Waals surface area contributed by atoms with Crippen LogP contribution in [0.4, 0.5) is 11.4 Å². The molecular weight excluding hydrogens is 310 g/mol. The number of rotatable bonds is 5. The summed E-state index contributed by atoms with van der Waals surface area (Å²) in [5, 5.41) is 6.59. The van der Waals surface area contributed by atoms with Crippen molar-refractivity contribution < 1.29 is 4.79 Å². The van der Waals surface area contributed by atoms with Crippen LogP contribution in [0.5, 0.6) is 0 Å². The highest BCUT2D eigenvalue weighted by Gasteiger charge is 2.19. The molecule has 0 atom stereocenters. The van der Waals surface area contributed by atoms with E-state index < -0.39 is 0 Å².